The van der Waals surface area contributed by atoms with E-state index in [-0.39, 0.29) is 6.42 Å². The van der Waals surface area contributed by atoms with Crippen LogP contribution >= 0.6 is 0 Å². The molecule has 0 amide bonds. The van der Waals surface area contributed by atoms with Crippen molar-refractivity contribution in [3.8, 4) is 0 Å². The van der Waals surface area contributed by atoms with Gasteiger partial charge in [0, 0.05) is 12.5 Å². The number of carbonyl (C=O) groups is 1. The van der Waals surface area contributed by atoms with Gasteiger partial charge >= 0.3 is 5.97 Å². The van der Waals surface area contributed by atoms with E-state index in [4.69, 9.17) is 5.11 Å². The first kappa shape index (κ1) is 13.7. The van der Waals surface area contributed by atoms with Crippen molar-refractivity contribution < 1.29 is 9.90 Å². The summed E-state index contributed by atoms with van der Waals surface area (Å²) in [7, 11) is 0. The molecule has 0 bridgehead atoms. The summed E-state index contributed by atoms with van der Waals surface area (Å²) in [5.74, 6) is -0.724. The number of carboxylic acid groups (broad SMARTS) is 1. The minimum absolute atomic E-state index is 0.237. The molecular weight excluding hydrogens is 214 g/mol. The smallest absolute Gasteiger partial charge is 0.303 e. The molecule has 0 aliphatic carbocycles. The number of benzene rings is 1. The third-order valence-corrected chi connectivity index (χ3v) is 2.74. The van der Waals surface area contributed by atoms with Crippen molar-refractivity contribution in [1.29, 1.82) is 0 Å². The largest absolute Gasteiger partial charge is 0.481 e. The van der Waals surface area contributed by atoms with Crippen molar-refractivity contribution in [2.24, 2.45) is 0 Å². The minimum atomic E-state index is -0.724. The molecule has 0 aromatic heterocycles. The van der Waals surface area contributed by atoms with Crippen molar-refractivity contribution in [3.05, 3.63) is 35.9 Å². The fourth-order valence-electron chi connectivity index (χ4n) is 1.88. The Hall–Kier alpha value is -1.35. The van der Waals surface area contributed by atoms with Gasteiger partial charge in [-0.1, -0.05) is 43.7 Å². The van der Waals surface area contributed by atoms with Crippen LogP contribution in [0.1, 0.15) is 44.2 Å². The SMILES string of the molecule is CCCC(NCCCC(=O)O)c1ccccc1. The predicted molar refractivity (Wildman–Crippen MR) is 69.0 cm³/mol. The average molecular weight is 235 g/mol. The summed E-state index contributed by atoms with van der Waals surface area (Å²) in [5, 5.41) is 12.0. The van der Waals surface area contributed by atoms with Gasteiger partial charge in [-0.25, -0.2) is 0 Å². The second-order valence-corrected chi connectivity index (χ2v) is 4.20. The molecule has 0 saturated heterocycles. The molecule has 1 rings (SSSR count). The first-order valence-electron chi connectivity index (χ1n) is 6.24. The van der Waals surface area contributed by atoms with Crippen LogP contribution in [0.3, 0.4) is 0 Å². The molecule has 1 aromatic carbocycles. The standard InChI is InChI=1S/C14H21NO2/c1-2-7-13(12-8-4-3-5-9-12)15-11-6-10-14(16)17/h3-5,8-9,13,15H,2,6-7,10-11H2,1H3,(H,16,17). The Bertz CT molecular complexity index is 324. The van der Waals surface area contributed by atoms with E-state index in [1.807, 2.05) is 18.2 Å². The fraction of sp³-hybridized carbons (Fsp3) is 0.500. The summed E-state index contributed by atoms with van der Waals surface area (Å²) >= 11 is 0. The molecule has 1 atom stereocenters. The van der Waals surface area contributed by atoms with Crippen LogP contribution in [0.2, 0.25) is 0 Å². The van der Waals surface area contributed by atoms with Gasteiger partial charge in [0.15, 0.2) is 0 Å². The molecule has 3 nitrogen and oxygen atoms in total. The first-order valence-corrected chi connectivity index (χ1v) is 6.24. The van der Waals surface area contributed by atoms with Gasteiger partial charge in [-0.3, -0.25) is 4.79 Å². The zero-order valence-electron chi connectivity index (χ0n) is 10.4. The maximum atomic E-state index is 10.4. The third kappa shape index (κ3) is 5.50. The summed E-state index contributed by atoms with van der Waals surface area (Å²) in [5.41, 5.74) is 1.28. The molecule has 0 fully saturated rings. The van der Waals surface area contributed by atoms with Crippen molar-refractivity contribution >= 4 is 5.97 Å². The summed E-state index contributed by atoms with van der Waals surface area (Å²) in [6.07, 6.45) is 3.12. The number of carboxylic acids is 1. The summed E-state index contributed by atoms with van der Waals surface area (Å²) < 4.78 is 0. The zero-order chi connectivity index (χ0) is 12.5. The Morgan fingerprint density at radius 2 is 2.06 bits per heavy atom. The number of rotatable bonds is 8. The highest BCUT2D eigenvalue weighted by molar-refractivity contribution is 5.66. The summed E-state index contributed by atoms with van der Waals surface area (Å²) in [4.78, 5) is 10.4. The van der Waals surface area contributed by atoms with Gasteiger partial charge in [-0.05, 0) is 24.9 Å². The van der Waals surface area contributed by atoms with E-state index < -0.39 is 5.97 Å². The molecule has 1 unspecified atom stereocenters. The van der Waals surface area contributed by atoms with Crippen molar-refractivity contribution in [3.63, 3.8) is 0 Å². The van der Waals surface area contributed by atoms with Gasteiger partial charge in [-0.15, -0.1) is 0 Å². The highest BCUT2D eigenvalue weighted by Crippen LogP contribution is 2.17. The second-order valence-electron chi connectivity index (χ2n) is 4.20. The molecule has 94 valence electrons. The summed E-state index contributed by atoms with van der Waals surface area (Å²) in [6.45, 7) is 2.92. The lowest BCUT2D eigenvalue weighted by atomic mass is 10.0. The Morgan fingerprint density at radius 1 is 1.35 bits per heavy atom. The molecular formula is C14H21NO2. The maximum Gasteiger partial charge on any atom is 0.303 e. The van der Waals surface area contributed by atoms with Crippen molar-refractivity contribution in [1.82, 2.24) is 5.32 Å². The molecule has 3 heteroatoms. The molecule has 0 radical (unpaired) electrons. The normalized spacial score (nSPS) is 12.3. The van der Waals surface area contributed by atoms with Crippen LogP contribution in [0, 0.1) is 0 Å². The average Bonchev–Trinajstić information content (AvgIpc) is 2.34. The van der Waals surface area contributed by atoms with E-state index in [0.29, 0.717) is 12.5 Å². The quantitative estimate of drug-likeness (QED) is 0.681. The number of nitrogens with one attached hydrogen (secondary N) is 1. The van der Waals surface area contributed by atoms with Crippen LogP contribution in [0.25, 0.3) is 0 Å². The lowest BCUT2D eigenvalue weighted by molar-refractivity contribution is -0.137. The topological polar surface area (TPSA) is 49.3 Å². The molecule has 0 saturated carbocycles. The highest BCUT2D eigenvalue weighted by atomic mass is 16.4. The van der Waals surface area contributed by atoms with Crippen LogP contribution in [0.4, 0.5) is 0 Å². The first-order chi connectivity index (χ1) is 8.24. The van der Waals surface area contributed by atoms with Gasteiger partial charge in [-0.2, -0.15) is 0 Å². The Morgan fingerprint density at radius 3 is 2.65 bits per heavy atom. The Kier molecular flexibility index (Phi) is 6.33. The van der Waals surface area contributed by atoms with E-state index in [0.717, 1.165) is 19.4 Å². The van der Waals surface area contributed by atoms with Crippen LogP contribution < -0.4 is 5.32 Å². The Labute approximate surface area is 103 Å². The maximum absolute atomic E-state index is 10.4. The van der Waals surface area contributed by atoms with E-state index >= 15 is 0 Å². The van der Waals surface area contributed by atoms with Gasteiger partial charge in [0.05, 0.1) is 0 Å². The zero-order valence-corrected chi connectivity index (χ0v) is 10.4. The predicted octanol–water partition coefficient (Wildman–Crippen LogP) is 2.98. The molecule has 1 aromatic rings. The van der Waals surface area contributed by atoms with Crippen LogP contribution in [-0.4, -0.2) is 17.6 Å². The van der Waals surface area contributed by atoms with Crippen LogP contribution in [-0.2, 0) is 4.79 Å². The van der Waals surface area contributed by atoms with Crippen LogP contribution in [0.15, 0.2) is 30.3 Å². The summed E-state index contributed by atoms with van der Waals surface area (Å²) in [6, 6.07) is 10.7. The van der Waals surface area contributed by atoms with Crippen molar-refractivity contribution in [2.45, 2.75) is 38.6 Å². The lowest BCUT2D eigenvalue weighted by Gasteiger charge is -2.18. The number of hydrogen-bond acceptors (Lipinski definition) is 2. The third-order valence-electron chi connectivity index (χ3n) is 2.74. The second kappa shape index (κ2) is 7.85. The van der Waals surface area contributed by atoms with Gasteiger partial charge in [0.2, 0.25) is 0 Å². The van der Waals surface area contributed by atoms with Crippen molar-refractivity contribution in [2.75, 3.05) is 6.54 Å². The molecule has 17 heavy (non-hydrogen) atoms. The Balaban J connectivity index is 2.41. The van der Waals surface area contributed by atoms with Crippen LogP contribution in [0.5, 0.6) is 0 Å². The molecule has 2 N–H and O–H groups in total. The molecule has 0 heterocycles. The molecule has 0 spiro atoms. The minimum Gasteiger partial charge on any atom is -0.481 e. The molecule has 0 aliphatic rings. The van der Waals surface area contributed by atoms with Gasteiger partial charge < -0.3 is 10.4 Å². The van der Waals surface area contributed by atoms with E-state index in [2.05, 4.69) is 24.4 Å². The lowest BCUT2D eigenvalue weighted by Crippen LogP contribution is -2.22. The van der Waals surface area contributed by atoms with Gasteiger partial charge in [0.25, 0.3) is 0 Å². The monoisotopic (exact) mass is 235 g/mol. The van der Waals surface area contributed by atoms with E-state index in [1.54, 1.807) is 0 Å². The molecule has 0 aliphatic heterocycles. The highest BCUT2D eigenvalue weighted by Gasteiger charge is 2.08. The van der Waals surface area contributed by atoms with E-state index in [9.17, 15) is 4.79 Å². The number of aliphatic carboxylic acids is 1. The number of hydrogen-bond donors (Lipinski definition) is 2. The van der Waals surface area contributed by atoms with E-state index in [1.165, 1.54) is 5.56 Å². The fourth-order valence-corrected chi connectivity index (χ4v) is 1.88. The van der Waals surface area contributed by atoms with Gasteiger partial charge in [0.1, 0.15) is 0 Å².